The van der Waals surface area contributed by atoms with Crippen molar-refractivity contribution in [2.24, 2.45) is 5.73 Å². The Balaban J connectivity index is 1.30. The van der Waals surface area contributed by atoms with Crippen LogP contribution in [-0.2, 0) is 15.0 Å². The molecular formula is C26H28FN5O5. The van der Waals surface area contributed by atoms with Gasteiger partial charge < -0.3 is 19.7 Å². The molecule has 1 aliphatic heterocycles. The van der Waals surface area contributed by atoms with Gasteiger partial charge in [0.15, 0.2) is 5.82 Å². The van der Waals surface area contributed by atoms with Crippen molar-refractivity contribution in [1.82, 2.24) is 10.1 Å². The number of cyclic esters (lactones) is 1. The zero-order valence-electron chi connectivity index (χ0n) is 20.8. The van der Waals surface area contributed by atoms with Crippen molar-refractivity contribution in [2.45, 2.75) is 50.9 Å². The fourth-order valence-electron chi connectivity index (χ4n) is 4.10. The first-order valence-electron chi connectivity index (χ1n) is 12.0. The van der Waals surface area contributed by atoms with Gasteiger partial charge in [0, 0.05) is 23.4 Å². The zero-order chi connectivity index (χ0) is 26.4. The number of carbonyl (C=O) groups excluding carboxylic acids is 2. The van der Waals surface area contributed by atoms with Crippen LogP contribution >= 0.6 is 0 Å². The molecule has 10 nitrogen and oxygen atoms in total. The third kappa shape index (κ3) is 5.26. The molecule has 2 N–H and O–H groups in total. The van der Waals surface area contributed by atoms with Gasteiger partial charge in [0.25, 0.3) is 0 Å². The van der Waals surface area contributed by atoms with Crippen molar-refractivity contribution in [3.8, 4) is 11.1 Å². The van der Waals surface area contributed by atoms with E-state index in [-0.39, 0.29) is 24.4 Å². The second kappa shape index (κ2) is 9.15. The molecule has 2 aromatic heterocycles. The summed E-state index contributed by atoms with van der Waals surface area (Å²) in [7, 11) is 0. The van der Waals surface area contributed by atoms with Crippen LogP contribution < -0.4 is 15.5 Å². The number of hydrogen-bond acceptors (Lipinski definition) is 8. The highest BCUT2D eigenvalue weighted by molar-refractivity contribution is 5.91. The smallest absolute Gasteiger partial charge is 0.416 e. The van der Waals surface area contributed by atoms with Crippen molar-refractivity contribution < 1.29 is 28.0 Å². The molecule has 0 unspecified atom stereocenters. The minimum Gasteiger partial charge on any atom is -0.443 e. The molecule has 1 aliphatic carbocycles. The lowest BCUT2D eigenvalue weighted by molar-refractivity contribution is 0.0556. The van der Waals surface area contributed by atoms with Crippen molar-refractivity contribution in [3.05, 3.63) is 60.4 Å². The first-order valence-corrected chi connectivity index (χ1v) is 12.0. The third-order valence-corrected chi connectivity index (χ3v) is 6.21. The number of ether oxygens (including phenoxy) is 2. The molecule has 0 radical (unpaired) electrons. The summed E-state index contributed by atoms with van der Waals surface area (Å²) in [5, 5.41) is 3.81. The molecule has 37 heavy (non-hydrogen) atoms. The van der Waals surface area contributed by atoms with Gasteiger partial charge in [-0.15, -0.1) is 0 Å². The van der Waals surface area contributed by atoms with Crippen LogP contribution in [0.15, 0.2) is 53.4 Å². The van der Waals surface area contributed by atoms with Gasteiger partial charge in [0.2, 0.25) is 0 Å². The van der Waals surface area contributed by atoms with Gasteiger partial charge in [-0.3, -0.25) is 14.8 Å². The molecule has 11 heteroatoms. The lowest BCUT2D eigenvalue weighted by atomic mass is 10.0. The van der Waals surface area contributed by atoms with Crippen LogP contribution in [0.1, 0.15) is 39.3 Å². The highest BCUT2D eigenvalue weighted by atomic mass is 19.1. The van der Waals surface area contributed by atoms with Crippen LogP contribution in [-0.4, -0.2) is 47.1 Å². The summed E-state index contributed by atoms with van der Waals surface area (Å²) in [5.41, 5.74) is 7.18. The van der Waals surface area contributed by atoms with E-state index in [2.05, 4.69) is 10.1 Å². The lowest BCUT2D eigenvalue weighted by Gasteiger charge is -2.26. The number of hydrogen-bond donors (Lipinski definition) is 1. The van der Waals surface area contributed by atoms with Crippen molar-refractivity contribution in [3.63, 3.8) is 0 Å². The Bertz CT molecular complexity index is 1300. The first-order chi connectivity index (χ1) is 17.5. The Morgan fingerprint density at radius 3 is 2.65 bits per heavy atom. The molecule has 2 aliphatic rings. The number of pyridine rings is 1. The Kier molecular flexibility index (Phi) is 6.10. The molecule has 5 rings (SSSR count). The molecule has 3 aromatic rings. The summed E-state index contributed by atoms with van der Waals surface area (Å²) < 4.78 is 30.9. The molecule has 3 heterocycles. The molecule has 1 aromatic carbocycles. The van der Waals surface area contributed by atoms with Gasteiger partial charge in [-0.1, -0.05) is 11.2 Å². The van der Waals surface area contributed by atoms with E-state index in [1.54, 1.807) is 45.2 Å². The molecule has 1 saturated carbocycles. The number of nitrogens with two attached hydrogens (primary N) is 1. The second-order valence-corrected chi connectivity index (χ2v) is 10.3. The average Bonchev–Trinajstić information content (AvgIpc) is 3.21. The highest BCUT2D eigenvalue weighted by Crippen LogP contribution is 2.42. The van der Waals surface area contributed by atoms with Gasteiger partial charge >= 0.3 is 12.2 Å². The summed E-state index contributed by atoms with van der Waals surface area (Å²) in [5.74, 6) is -0.281. The molecular weight excluding hydrogens is 481 g/mol. The Hall–Kier alpha value is -3.99. The molecule has 2 fully saturated rings. The van der Waals surface area contributed by atoms with E-state index < -0.39 is 29.7 Å². The SMILES string of the molecule is CC(C)(C)OC(=O)N(C[C@H]1CN(c2ccc(-c3ccc(C4(N)CC4)nc3)c(F)c2)C(=O)O1)c1ccon1. The van der Waals surface area contributed by atoms with Gasteiger partial charge in [-0.25, -0.2) is 14.0 Å². The number of halogens is 1. The van der Waals surface area contributed by atoms with Gasteiger partial charge in [-0.05, 0) is 57.9 Å². The Morgan fingerprint density at radius 1 is 1.27 bits per heavy atom. The van der Waals surface area contributed by atoms with E-state index >= 15 is 4.39 Å². The Morgan fingerprint density at radius 2 is 2.05 bits per heavy atom. The molecule has 0 bridgehead atoms. The Labute approximate surface area is 213 Å². The monoisotopic (exact) mass is 509 g/mol. The maximum absolute atomic E-state index is 15.1. The minimum absolute atomic E-state index is 0.0229. The van der Waals surface area contributed by atoms with E-state index in [1.807, 2.05) is 6.07 Å². The van der Waals surface area contributed by atoms with E-state index in [0.29, 0.717) is 16.8 Å². The van der Waals surface area contributed by atoms with E-state index in [0.717, 1.165) is 18.5 Å². The van der Waals surface area contributed by atoms with Crippen molar-refractivity contribution in [1.29, 1.82) is 0 Å². The number of anilines is 2. The summed E-state index contributed by atoms with van der Waals surface area (Å²) in [4.78, 5) is 32.4. The summed E-state index contributed by atoms with van der Waals surface area (Å²) in [6.07, 6.45) is 2.70. The van der Waals surface area contributed by atoms with E-state index in [4.69, 9.17) is 19.7 Å². The fraction of sp³-hybridized carbons (Fsp3) is 0.385. The quantitative estimate of drug-likeness (QED) is 0.512. The summed E-state index contributed by atoms with van der Waals surface area (Å²) in [6.45, 7) is 5.31. The number of carbonyl (C=O) groups is 2. The molecule has 194 valence electrons. The zero-order valence-corrected chi connectivity index (χ0v) is 20.8. The number of amides is 2. The largest absolute Gasteiger partial charge is 0.443 e. The van der Waals surface area contributed by atoms with Crippen LogP contribution in [0.4, 0.5) is 25.5 Å². The average molecular weight is 510 g/mol. The number of rotatable bonds is 6. The van der Waals surface area contributed by atoms with Crippen LogP contribution in [0.25, 0.3) is 11.1 Å². The van der Waals surface area contributed by atoms with Crippen molar-refractivity contribution >= 4 is 23.7 Å². The summed E-state index contributed by atoms with van der Waals surface area (Å²) >= 11 is 0. The standard InChI is InChI=1S/C26H28FN5O5/c1-25(2,3)37-24(34)32(22-8-11-35-30-22)15-18-14-31(23(33)36-18)17-5-6-19(20(27)12-17)16-4-7-21(29-13-16)26(28)9-10-26/h4-8,11-13,18H,9-10,14-15,28H2,1-3H3/t18-/m1/s1. The lowest BCUT2D eigenvalue weighted by Crippen LogP contribution is -2.42. The van der Waals surface area contributed by atoms with Crippen molar-refractivity contribution in [2.75, 3.05) is 22.9 Å². The van der Waals surface area contributed by atoms with Gasteiger partial charge in [0.1, 0.15) is 23.8 Å². The maximum Gasteiger partial charge on any atom is 0.416 e. The second-order valence-electron chi connectivity index (χ2n) is 10.3. The predicted octanol–water partition coefficient (Wildman–Crippen LogP) is 4.59. The van der Waals surface area contributed by atoms with Gasteiger partial charge in [-0.2, -0.15) is 0 Å². The summed E-state index contributed by atoms with van der Waals surface area (Å²) in [6, 6.07) is 9.64. The number of benzene rings is 1. The molecule has 0 spiro atoms. The van der Waals surface area contributed by atoms with Gasteiger partial charge in [0.05, 0.1) is 30.0 Å². The first kappa shape index (κ1) is 24.7. The predicted molar refractivity (Wildman–Crippen MR) is 132 cm³/mol. The molecule has 1 atom stereocenters. The van der Waals surface area contributed by atoms with E-state index in [9.17, 15) is 9.59 Å². The minimum atomic E-state index is -0.740. The topological polar surface area (TPSA) is 124 Å². The molecule has 1 saturated heterocycles. The normalized spacial score (nSPS) is 18.5. The third-order valence-electron chi connectivity index (χ3n) is 6.21. The van der Waals surface area contributed by atoms with Crippen LogP contribution in [0.3, 0.4) is 0 Å². The van der Waals surface area contributed by atoms with E-state index in [1.165, 1.54) is 28.2 Å². The van der Waals surface area contributed by atoms with Crippen LogP contribution in [0.2, 0.25) is 0 Å². The number of aromatic nitrogens is 2. The maximum atomic E-state index is 15.1. The van der Waals surface area contributed by atoms with Crippen LogP contribution in [0, 0.1) is 5.82 Å². The molecule has 2 amide bonds. The number of nitrogens with zero attached hydrogens (tertiary/aromatic N) is 4. The highest BCUT2D eigenvalue weighted by Gasteiger charge is 2.41. The fourth-order valence-corrected chi connectivity index (χ4v) is 4.10. The van der Waals surface area contributed by atoms with Crippen LogP contribution in [0.5, 0.6) is 0 Å².